The zero-order valence-electron chi connectivity index (χ0n) is 12.1. The molecule has 1 atom stereocenters. The molecule has 0 saturated carbocycles. The maximum absolute atomic E-state index is 5.37. The summed E-state index contributed by atoms with van der Waals surface area (Å²) in [5.74, 6) is 1.45. The van der Waals surface area contributed by atoms with E-state index in [9.17, 15) is 0 Å². The van der Waals surface area contributed by atoms with E-state index in [1.54, 1.807) is 14.2 Å². The van der Waals surface area contributed by atoms with E-state index in [1.807, 2.05) is 25.1 Å². The van der Waals surface area contributed by atoms with Crippen molar-refractivity contribution in [3.05, 3.63) is 34.3 Å². The van der Waals surface area contributed by atoms with Crippen LogP contribution in [0, 0.1) is 6.92 Å². The van der Waals surface area contributed by atoms with Crippen LogP contribution < -0.4 is 14.8 Å². The van der Waals surface area contributed by atoms with Crippen molar-refractivity contribution in [2.45, 2.75) is 19.9 Å². The fraction of sp³-hybridized carbons (Fsp3) is 0.429. The number of nitrogens with one attached hydrogen (secondary N) is 1. The van der Waals surface area contributed by atoms with Crippen LogP contribution in [0.1, 0.15) is 29.1 Å². The monoisotopic (exact) mass is 293 g/mol. The molecule has 1 unspecified atom stereocenters. The Morgan fingerprint density at radius 1 is 1.25 bits per heavy atom. The van der Waals surface area contributed by atoms with Crippen molar-refractivity contribution in [1.82, 2.24) is 14.9 Å². The van der Waals surface area contributed by atoms with Crippen LogP contribution in [-0.4, -0.2) is 30.4 Å². The van der Waals surface area contributed by atoms with Crippen molar-refractivity contribution in [2.75, 3.05) is 20.8 Å². The summed E-state index contributed by atoms with van der Waals surface area (Å²) in [6, 6.07) is 6.02. The average Bonchev–Trinajstić information content (AvgIpc) is 2.90. The zero-order valence-corrected chi connectivity index (χ0v) is 13.0. The standard InChI is InChI=1S/C14H19N3O2S/c1-5-15-13(14-9(2)16-17-20-14)10-6-7-11(18-3)12(8-10)19-4/h6-8,13,15H,5H2,1-4H3. The summed E-state index contributed by atoms with van der Waals surface area (Å²) < 4.78 is 14.7. The molecule has 0 spiro atoms. The number of aryl methyl sites for hydroxylation is 1. The van der Waals surface area contributed by atoms with Crippen molar-refractivity contribution in [2.24, 2.45) is 0 Å². The molecule has 0 radical (unpaired) electrons. The number of nitrogens with zero attached hydrogens (tertiary/aromatic N) is 2. The van der Waals surface area contributed by atoms with Crippen molar-refractivity contribution in [3.63, 3.8) is 0 Å². The molecule has 0 amide bonds. The third-order valence-corrected chi connectivity index (χ3v) is 3.99. The Morgan fingerprint density at radius 2 is 2.00 bits per heavy atom. The van der Waals surface area contributed by atoms with Gasteiger partial charge in [0.05, 0.1) is 30.8 Å². The molecule has 0 fully saturated rings. The normalized spacial score (nSPS) is 12.2. The summed E-state index contributed by atoms with van der Waals surface area (Å²) in [7, 11) is 3.28. The number of methoxy groups -OCH3 is 2. The lowest BCUT2D eigenvalue weighted by Crippen LogP contribution is -2.21. The maximum atomic E-state index is 5.37. The molecule has 108 valence electrons. The van der Waals surface area contributed by atoms with Crippen molar-refractivity contribution in [3.8, 4) is 11.5 Å². The van der Waals surface area contributed by atoms with E-state index >= 15 is 0 Å². The molecule has 0 aliphatic rings. The predicted molar refractivity (Wildman–Crippen MR) is 79.7 cm³/mol. The maximum Gasteiger partial charge on any atom is 0.161 e. The van der Waals surface area contributed by atoms with Crippen molar-refractivity contribution in [1.29, 1.82) is 0 Å². The second-order valence-electron chi connectivity index (χ2n) is 4.33. The van der Waals surface area contributed by atoms with Gasteiger partial charge in [0.2, 0.25) is 0 Å². The van der Waals surface area contributed by atoms with Gasteiger partial charge in [-0.3, -0.25) is 0 Å². The molecule has 1 N–H and O–H groups in total. The van der Waals surface area contributed by atoms with E-state index in [-0.39, 0.29) is 6.04 Å². The minimum absolute atomic E-state index is 0.0693. The minimum atomic E-state index is 0.0693. The Hall–Kier alpha value is -1.66. The highest BCUT2D eigenvalue weighted by Gasteiger charge is 2.20. The van der Waals surface area contributed by atoms with Gasteiger partial charge in [0.15, 0.2) is 11.5 Å². The van der Waals surface area contributed by atoms with Crippen LogP contribution in [-0.2, 0) is 0 Å². The Labute approximate surface area is 123 Å². The lowest BCUT2D eigenvalue weighted by molar-refractivity contribution is 0.354. The highest BCUT2D eigenvalue weighted by molar-refractivity contribution is 7.05. The zero-order chi connectivity index (χ0) is 14.5. The first-order valence-corrected chi connectivity index (χ1v) is 7.22. The molecule has 1 aromatic carbocycles. The number of ether oxygens (including phenoxy) is 2. The van der Waals surface area contributed by atoms with Gasteiger partial charge < -0.3 is 14.8 Å². The van der Waals surface area contributed by atoms with E-state index in [0.29, 0.717) is 0 Å². The summed E-state index contributed by atoms with van der Waals surface area (Å²) in [6.07, 6.45) is 0. The number of hydrogen-bond donors (Lipinski definition) is 1. The van der Waals surface area contributed by atoms with Crippen LogP contribution in [0.4, 0.5) is 0 Å². The molecule has 0 bridgehead atoms. The summed E-state index contributed by atoms with van der Waals surface area (Å²) >= 11 is 1.42. The van der Waals surface area contributed by atoms with Gasteiger partial charge in [-0.2, -0.15) is 0 Å². The smallest absolute Gasteiger partial charge is 0.161 e. The van der Waals surface area contributed by atoms with Gasteiger partial charge in [0.25, 0.3) is 0 Å². The number of rotatable bonds is 6. The Bertz CT molecular complexity index is 571. The largest absolute Gasteiger partial charge is 0.493 e. The Kier molecular flexibility index (Phi) is 4.92. The molecule has 0 aliphatic carbocycles. The molecule has 0 saturated heterocycles. The molecule has 1 heterocycles. The van der Waals surface area contributed by atoms with Crippen LogP contribution in [0.2, 0.25) is 0 Å². The Balaban J connectivity index is 2.42. The van der Waals surface area contributed by atoms with Gasteiger partial charge >= 0.3 is 0 Å². The molecule has 20 heavy (non-hydrogen) atoms. The van der Waals surface area contributed by atoms with Gasteiger partial charge in [0, 0.05) is 0 Å². The Morgan fingerprint density at radius 3 is 2.55 bits per heavy atom. The lowest BCUT2D eigenvalue weighted by atomic mass is 10.0. The van der Waals surface area contributed by atoms with Crippen LogP contribution in [0.25, 0.3) is 0 Å². The second-order valence-corrected chi connectivity index (χ2v) is 5.11. The van der Waals surface area contributed by atoms with Crippen LogP contribution in [0.15, 0.2) is 18.2 Å². The average molecular weight is 293 g/mol. The van der Waals surface area contributed by atoms with Gasteiger partial charge in [-0.05, 0) is 42.7 Å². The van der Waals surface area contributed by atoms with Crippen molar-refractivity contribution >= 4 is 11.5 Å². The molecule has 2 rings (SSSR count). The third kappa shape index (κ3) is 2.91. The highest BCUT2D eigenvalue weighted by atomic mass is 32.1. The molecule has 0 aliphatic heterocycles. The van der Waals surface area contributed by atoms with Crippen LogP contribution in [0.3, 0.4) is 0 Å². The van der Waals surface area contributed by atoms with Gasteiger partial charge in [0.1, 0.15) is 0 Å². The first kappa shape index (κ1) is 14.7. The van der Waals surface area contributed by atoms with Crippen LogP contribution in [0.5, 0.6) is 11.5 Å². The van der Waals surface area contributed by atoms with E-state index in [0.717, 1.165) is 34.2 Å². The lowest BCUT2D eigenvalue weighted by Gasteiger charge is -2.18. The summed E-state index contributed by atoms with van der Waals surface area (Å²) in [5.41, 5.74) is 2.06. The van der Waals surface area contributed by atoms with E-state index in [2.05, 4.69) is 21.8 Å². The van der Waals surface area contributed by atoms with Crippen molar-refractivity contribution < 1.29 is 9.47 Å². The fourth-order valence-electron chi connectivity index (χ4n) is 2.10. The quantitative estimate of drug-likeness (QED) is 0.887. The van der Waals surface area contributed by atoms with E-state index in [1.165, 1.54) is 11.5 Å². The summed E-state index contributed by atoms with van der Waals surface area (Å²) in [6.45, 7) is 4.91. The third-order valence-electron chi connectivity index (χ3n) is 3.10. The molecular formula is C14H19N3O2S. The van der Waals surface area contributed by atoms with Gasteiger partial charge in [-0.25, -0.2) is 0 Å². The number of benzene rings is 1. The van der Waals surface area contributed by atoms with E-state index in [4.69, 9.17) is 9.47 Å². The number of hydrogen-bond acceptors (Lipinski definition) is 6. The van der Waals surface area contributed by atoms with Crippen LogP contribution >= 0.6 is 11.5 Å². The first-order valence-electron chi connectivity index (χ1n) is 6.45. The summed E-state index contributed by atoms with van der Waals surface area (Å²) in [4.78, 5) is 1.12. The fourth-order valence-corrected chi connectivity index (χ4v) is 2.85. The van der Waals surface area contributed by atoms with E-state index < -0.39 is 0 Å². The minimum Gasteiger partial charge on any atom is -0.493 e. The molecular weight excluding hydrogens is 274 g/mol. The number of aromatic nitrogens is 2. The first-order chi connectivity index (χ1) is 9.71. The SMILES string of the molecule is CCNC(c1ccc(OC)c(OC)c1)c1snnc1C. The molecule has 6 heteroatoms. The molecule has 5 nitrogen and oxygen atoms in total. The topological polar surface area (TPSA) is 56.3 Å². The van der Waals surface area contributed by atoms with Gasteiger partial charge in [-0.1, -0.05) is 17.5 Å². The molecule has 2 aromatic rings. The second kappa shape index (κ2) is 6.67. The predicted octanol–water partition coefficient (Wildman–Crippen LogP) is 2.56. The van der Waals surface area contributed by atoms with Gasteiger partial charge in [-0.15, -0.1) is 5.10 Å². The highest BCUT2D eigenvalue weighted by Crippen LogP contribution is 2.33. The molecule has 1 aromatic heterocycles. The summed E-state index contributed by atoms with van der Waals surface area (Å²) in [5, 5.41) is 7.56.